The zero-order chi connectivity index (χ0) is 24.9. The van der Waals surface area contributed by atoms with E-state index in [-0.39, 0.29) is 23.9 Å². The van der Waals surface area contributed by atoms with Gasteiger partial charge in [0, 0.05) is 11.5 Å². The second kappa shape index (κ2) is 10.7. The molecule has 1 fully saturated rings. The van der Waals surface area contributed by atoms with Gasteiger partial charge in [0.15, 0.2) is 11.5 Å². The molecule has 1 aliphatic rings. The quantitative estimate of drug-likeness (QED) is 0.299. The van der Waals surface area contributed by atoms with Crippen molar-refractivity contribution in [2.75, 3.05) is 7.11 Å². The van der Waals surface area contributed by atoms with Gasteiger partial charge in [-0.15, -0.1) is 0 Å². The van der Waals surface area contributed by atoms with Crippen molar-refractivity contribution in [2.24, 2.45) is 5.10 Å². The largest absolute Gasteiger partial charge is 0.493 e. The normalized spacial score (nSPS) is 14.4. The van der Waals surface area contributed by atoms with Crippen molar-refractivity contribution in [3.05, 3.63) is 99.9 Å². The fraction of sp³-hybridized carbons (Fsp3) is 0.276. The van der Waals surface area contributed by atoms with Crippen molar-refractivity contribution >= 4 is 17.1 Å². The second-order valence-electron chi connectivity index (χ2n) is 8.97. The van der Waals surface area contributed by atoms with Gasteiger partial charge in [-0.25, -0.2) is 9.37 Å². The van der Waals surface area contributed by atoms with Crippen molar-refractivity contribution in [3.63, 3.8) is 0 Å². The van der Waals surface area contributed by atoms with Crippen LogP contribution in [-0.2, 0) is 6.61 Å². The van der Waals surface area contributed by atoms with Gasteiger partial charge in [0.1, 0.15) is 18.2 Å². The van der Waals surface area contributed by atoms with Crippen molar-refractivity contribution < 1.29 is 13.9 Å². The van der Waals surface area contributed by atoms with Crippen LogP contribution >= 0.6 is 0 Å². The molecule has 1 aliphatic carbocycles. The molecule has 6 nitrogen and oxygen atoms in total. The lowest BCUT2D eigenvalue weighted by molar-refractivity contribution is 0.279. The van der Waals surface area contributed by atoms with Crippen LogP contribution in [-0.4, -0.2) is 23.0 Å². The number of aromatic nitrogens is 2. The van der Waals surface area contributed by atoms with E-state index >= 15 is 0 Å². The summed E-state index contributed by atoms with van der Waals surface area (Å²) < 4.78 is 26.7. The summed E-state index contributed by atoms with van der Waals surface area (Å²) in [7, 11) is 1.55. The highest BCUT2D eigenvalue weighted by atomic mass is 19.1. The third-order valence-corrected chi connectivity index (χ3v) is 6.60. The molecule has 0 spiro atoms. The molecule has 36 heavy (non-hydrogen) atoms. The Balaban J connectivity index is 1.45. The average molecular weight is 486 g/mol. The van der Waals surface area contributed by atoms with Gasteiger partial charge < -0.3 is 9.47 Å². The van der Waals surface area contributed by atoms with Crippen LogP contribution in [0.1, 0.15) is 55.0 Å². The molecule has 0 saturated heterocycles. The van der Waals surface area contributed by atoms with Crippen LogP contribution in [0.4, 0.5) is 4.39 Å². The Hall–Kier alpha value is -4.00. The molecule has 0 amide bonds. The maximum atomic E-state index is 13.9. The molecule has 1 saturated carbocycles. The third kappa shape index (κ3) is 5.00. The molecular weight excluding hydrogens is 457 g/mol. The van der Waals surface area contributed by atoms with Crippen LogP contribution in [0.15, 0.2) is 76.6 Å². The van der Waals surface area contributed by atoms with E-state index in [0.29, 0.717) is 33.8 Å². The molecule has 7 heteroatoms. The number of fused-ring (bicyclic) bond motifs is 1. The molecule has 0 aliphatic heterocycles. The lowest BCUT2D eigenvalue weighted by atomic mass is 9.88. The number of nitrogens with zero attached hydrogens (tertiary/aromatic N) is 3. The van der Waals surface area contributed by atoms with Gasteiger partial charge in [0.25, 0.3) is 5.56 Å². The predicted octanol–water partition coefficient (Wildman–Crippen LogP) is 6.05. The fourth-order valence-electron chi connectivity index (χ4n) is 4.66. The van der Waals surface area contributed by atoms with Gasteiger partial charge >= 0.3 is 0 Å². The number of rotatable bonds is 7. The van der Waals surface area contributed by atoms with Gasteiger partial charge in [-0.2, -0.15) is 9.78 Å². The number of para-hydroxylation sites is 1. The van der Waals surface area contributed by atoms with Crippen LogP contribution in [0.2, 0.25) is 0 Å². The zero-order valence-electron chi connectivity index (χ0n) is 20.2. The topological polar surface area (TPSA) is 65.7 Å². The lowest BCUT2D eigenvalue weighted by Gasteiger charge is -2.22. The molecule has 0 bridgehead atoms. The molecule has 1 heterocycles. The van der Waals surface area contributed by atoms with Crippen LogP contribution in [0.5, 0.6) is 11.5 Å². The first-order valence-electron chi connectivity index (χ1n) is 12.2. The minimum absolute atomic E-state index is 0.0827. The smallest absolute Gasteiger partial charge is 0.282 e. The summed E-state index contributed by atoms with van der Waals surface area (Å²) in [5, 5.41) is 5.13. The summed E-state index contributed by atoms with van der Waals surface area (Å²) in [5.41, 5.74) is 1.73. The molecule has 3 aromatic carbocycles. The minimum atomic E-state index is -0.316. The predicted molar refractivity (Wildman–Crippen MR) is 139 cm³/mol. The van der Waals surface area contributed by atoms with E-state index < -0.39 is 0 Å². The van der Waals surface area contributed by atoms with Crippen LogP contribution in [0.25, 0.3) is 10.9 Å². The zero-order valence-corrected chi connectivity index (χ0v) is 20.2. The fourth-order valence-corrected chi connectivity index (χ4v) is 4.66. The molecule has 184 valence electrons. The van der Waals surface area contributed by atoms with Crippen molar-refractivity contribution in [1.29, 1.82) is 0 Å². The first kappa shape index (κ1) is 23.7. The van der Waals surface area contributed by atoms with Gasteiger partial charge in [0.2, 0.25) is 0 Å². The molecule has 0 atom stereocenters. The lowest BCUT2D eigenvalue weighted by Crippen LogP contribution is -2.25. The number of hydrogen-bond acceptors (Lipinski definition) is 5. The Labute approximate surface area is 209 Å². The molecule has 4 aromatic rings. The number of hydrogen-bond donors (Lipinski definition) is 0. The molecule has 0 radical (unpaired) electrons. The molecule has 0 unspecified atom stereocenters. The van der Waals surface area contributed by atoms with Crippen molar-refractivity contribution in [2.45, 2.75) is 44.6 Å². The van der Waals surface area contributed by atoms with Crippen molar-refractivity contribution in [3.8, 4) is 11.5 Å². The third-order valence-electron chi connectivity index (χ3n) is 6.60. The van der Waals surface area contributed by atoms with Gasteiger partial charge in [0.05, 0.1) is 24.2 Å². The van der Waals surface area contributed by atoms with E-state index in [2.05, 4.69) is 5.10 Å². The summed E-state index contributed by atoms with van der Waals surface area (Å²) >= 11 is 0. The summed E-state index contributed by atoms with van der Waals surface area (Å²) in [6, 6.07) is 19.2. The standard InChI is InChI=1S/C29H28FN3O3/c1-35-27-17-20(15-16-26(27)36-19-22-11-5-7-13-24(22)30)18-31-33-28(21-9-3-2-4-10-21)32-25-14-8-6-12-23(25)29(33)34/h5-8,11-18,21H,2-4,9-10,19H2,1H3. The average Bonchev–Trinajstić information content (AvgIpc) is 2.92. The summed E-state index contributed by atoms with van der Waals surface area (Å²) in [4.78, 5) is 18.2. The Bertz CT molecular complexity index is 1460. The molecule has 1 aromatic heterocycles. The van der Waals surface area contributed by atoms with E-state index in [1.54, 1.807) is 49.7 Å². The van der Waals surface area contributed by atoms with Gasteiger partial charge in [-0.3, -0.25) is 4.79 Å². The maximum Gasteiger partial charge on any atom is 0.282 e. The van der Waals surface area contributed by atoms with E-state index in [1.165, 1.54) is 17.2 Å². The van der Waals surface area contributed by atoms with Gasteiger partial charge in [-0.05, 0) is 54.8 Å². The maximum absolute atomic E-state index is 13.9. The van der Waals surface area contributed by atoms with E-state index in [4.69, 9.17) is 14.5 Å². The number of methoxy groups -OCH3 is 1. The molecular formula is C29H28FN3O3. The number of ether oxygens (including phenoxy) is 2. The summed E-state index contributed by atoms with van der Waals surface area (Å²) in [6.45, 7) is 0.0827. The highest BCUT2D eigenvalue weighted by Gasteiger charge is 2.22. The van der Waals surface area contributed by atoms with Crippen LogP contribution in [0.3, 0.4) is 0 Å². The number of benzene rings is 3. The highest BCUT2D eigenvalue weighted by Crippen LogP contribution is 2.32. The first-order chi connectivity index (χ1) is 17.6. The Morgan fingerprint density at radius 2 is 1.81 bits per heavy atom. The monoisotopic (exact) mass is 485 g/mol. The molecule has 5 rings (SSSR count). The minimum Gasteiger partial charge on any atom is -0.493 e. The van der Waals surface area contributed by atoms with Crippen LogP contribution < -0.4 is 15.0 Å². The second-order valence-corrected chi connectivity index (χ2v) is 8.97. The SMILES string of the molecule is COc1cc(C=Nn2c(C3CCCCC3)nc3ccccc3c2=O)ccc1OCc1ccccc1F. The summed E-state index contributed by atoms with van der Waals surface area (Å²) in [5.74, 6) is 1.59. The number of halogens is 1. The van der Waals surface area contributed by atoms with Crippen LogP contribution in [0, 0.1) is 5.82 Å². The Morgan fingerprint density at radius 3 is 2.61 bits per heavy atom. The Kier molecular flexibility index (Phi) is 7.07. The Morgan fingerprint density at radius 1 is 1.03 bits per heavy atom. The van der Waals surface area contributed by atoms with E-state index in [9.17, 15) is 9.18 Å². The van der Waals surface area contributed by atoms with Crippen molar-refractivity contribution in [1.82, 2.24) is 9.66 Å². The van der Waals surface area contributed by atoms with E-state index in [0.717, 1.165) is 31.2 Å². The van der Waals surface area contributed by atoms with E-state index in [1.807, 2.05) is 24.3 Å². The first-order valence-corrected chi connectivity index (χ1v) is 12.2. The van der Waals surface area contributed by atoms with Gasteiger partial charge in [-0.1, -0.05) is 49.6 Å². The summed E-state index contributed by atoms with van der Waals surface area (Å²) in [6.07, 6.45) is 7.10. The molecule has 0 N–H and O–H groups in total. The highest BCUT2D eigenvalue weighted by molar-refractivity contribution is 5.81.